The third-order valence-corrected chi connectivity index (χ3v) is 5.63. The van der Waals surface area contributed by atoms with E-state index in [0.29, 0.717) is 5.25 Å². The van der Waals surface area contributed by atoms with Crippen molar-refractivity contribution < 1.29 is 4.42 Å². The quantitative estimate of drug-likeness (QED) is 0.543. The van der Waals surface area contributed by atoms with Crippen LogP contribution in [0, 0.1) is 6.92 Å². The molecule has 0 unspecified atom stereocenters. The molecule has 4 aromatic rings. The standard InChI is InChI=1S/C16H16N4OS2/c1-9(2)22-8-13-17-18-16-20(13)19-15(23-16)14-10(3)11-6-4-5-7-12(11)21-14/h4-7,9H,8H2,1-3H3. The van der Waals surface area contributed by atoms with Crippen LogP contribution in [-0.2, 0) is 5.75 Å². The number of hydrogen-bond acceptors (Lipinski definition) is 6. The summed E-state index contributed by atoms with van der Waals surface area (Å²) in [4.78, 5) is 0.805. The van der Waals surface area contributed by atoms with Gasteiger partial charge in [0, 0.05) is 10.9 Å². The highest BCUT2D eigenvalue weighted by atomic mass is 32.2. The molecule has 0 radical (unpaired) electrons. The Morgan fingerprint density at radius 1 is 1.26 bits per heavy atom. The molecule has 0 fully saturated rings. The summed E-state index contributed by atoms with van der Waals surface area (Å²) in [6.45, 7) is 6.42. The lowest BCUT2D eigenvalue weighted by Crippen LogP contribution is -1.96. The average Bonchev–Trinajstić information content (AvgIpc) is 3.18. The second-order valence-electron chi connectivity index (χ2n) is 5.63. The van der Waals surface area contributed by atoms with Gasteiger partial charge in [-0.1, -0.05) is 43.4 Å². The fourth-order valence-corrected chi connectivity index (χ4v) is 4.02. The van der Waals surface area contributed by atoms with Gasteiger partial charge in [0.05, 0.1) is 5.75 Å². The van der Waals surface area contributed by atoms with Gasteiger partial charge in [-0.15, -0.1) is 15.3 Å². The Hall–Kier alpha value is -1.86. The summed E-state index contributed by atoms with van der Waals surface area (Å²) >= 11 is 3.34. The SMILES string of the molecule is Cc1c(-c2nn3c(CSC(C)C)nnc3s2)oc2ccccc12. The fourth-order valence-electron chi connectivity index (χ4n) is 2.46. The first-order chi connectivity index (χ1) is 11.1. The summed E-state index contributed by atoms with van der Waals surface area (Å²) in [6.07, 6.45) is 0. The number of furan rings is 1. The van der Waals surface area contributed by atoms with E-state index in [1.165, 1.54) is 11.3 Å². The van der Waals surface area contributed by atoms with E-state index in [9.17, 15) is 0 Å². The number of fused-ring (bicyclic) bond motifs is 2. The first-order valence-electron chi connectivity index (χ1n) is 7.44. The lowest BCUT2D eigenvalue weighted by Gasteiger charge is -2.01. The van der Waals surface area contributed by atoms with Crippen molar-refractivity contribution in [1.29, 1.82) is 0 Å². The van der Waals surface area contributed by atoms with Crippen LogP contribution in [0.4, 0.5) is 0 Å². The van der Waals surface area contributed by atoms with E-state index < -0.39 is 0 Å². The Labute approximate surface area is 141 Å². The third-order valence-electron chi connectivity index (χ3n) is 3.64. The van der Waals surface area contributed by atoms with Gasteiger partial charge in [-0.05, 0) is 18.2 Å². The Morgan fingerprint density at radius 2 is 2.09 bits per heavy atom. The molecular formula is C16H16N4OS2. The maximum absolute atomic E-state index is 6.00. The molecule has 0 atom stereocenters. The zero-order chi connectivity index (χ0) is 16.0. The van der Waals surface area contributed by atoms with Crippen LogP contribution in [0.25, 0.3) is 26.7 Å². The van der Waals surface area contributed by atoms with E-state index >= 15 is 0 Å². The molecule has 0 saturated carbocycles. The molecule has 0 aliphatic heterocycles. The maximum Gasteiger partial charge on any atom is 0.235 e. The summed E-state index contributed by atoms with van der Waals surface area (Å²) < 4.78 is 7.84. The molecule has 0 aliphatic rings. The molecule has 0 saturated heterocycles. The number of thioether (sulfide) groups is 1. The van der Waals surface area contributed by atoms with Crippen LogP contribution in [0.1, 0.15) is 25.2 Å². The summed E-state index contributed by atoms with van der Waals surface area (Å²) in [5.41, 5.74) is 2.00. The minimum Gasteiger partial charge on any atom is -0.453 e. The van der Waals surface area contributed by atoms with E-state index in [0.717, 1.165) is 43.8 Å². The maximum atomic E-state index is 6.00. The van der Waals surface area contributed by atoms with Gasteiger partial charge in [0.15, 0.2) is 16.6 Å². The van der Waals surface area contributed by atoms with Crippen molar-refractivity contribution >= 4 is 39.0 Å². The highest BCUT2D eigenvalue weighted by molar-refractivity contribution is 7.99. The lowest BCUT2D eigenvalue weighted by atomic mass is 10.1. The molecular weight excluding hydrogens is 328 g/mol. The Balaban J connectivity index is 1.78. The molecule has 0 aliphatic carbocycles. The van der Waals surface area contributed by atoms with Crippen molar-refractivity contribution in [2.45, 2.75) is 31.8 Å². The molecule has 4 rings (SSSR count). The van der Waals surface area contributed by atoms with Gasteiger partial charge in [-0.25, -0.2) is 0 Å². The third kappa shape index (κ3) is 2.53. The minimum absolute atomic E-state index is 0.554. The largest absolute Gasteiger partial charge is 0.453 e. The number of aryl methyl sites for hydroxylation is 1. The fraction of sp³-hybridized carbons (Fsp3) is 0.312. The number of rotatable bonds is 4. The molecule has 23 heavy (non-hydrogen) atoms. The topological polar surface area (TPSA) is 56.2 Å². The van der Waals surface area contributed by atoms with Crippen molar-refractivity contribution in [3.63, 3.8) is 0 Å². The zero-order valence-electron chi connectivity index (χ0n) is 13.1. The molecule has 0 amide bonds. The smallest absolute Gasteiger partial charge is 0.235 e. The molecule has 0 spiro atoms. The van der Waals surface area contributed by atoms with Gasteiger partial charge >= 0.3 is 0 Å². The molecule has 7 heteroatoms. The summed E-state index contributed by atoms with van der Waals surface area (Å²) in [6, 6.07) is 8.06. The summed E-state index contributed by atoms with van der Waals surface area (Å²) in [7, 11) is 0. The van der Waals surface area contributed by atoms with E-state index in [-0.39, 0.29) is 0 Å². The minimum atomic E-state index is 0.554. The van der Waals surface area contributed by atoms with Crippen LogP contribution in [0.5, 0.6) is 0 Å². The van der Waals surface area contributed by atoms with Crippen molar-refractivity contribution in [3.05, 3.63) is 35.7 Å². The van der Waals surface area contributed by atoms with Gasteiger partial charge in [-0.3, -0.25) is 0 Å². The summed E-state index contributed by atoms with van der Waals surface area (Å²) in [5.74, 6) is 2.51. The van der Waals surface area contributed by atoms with Crippen LogP contribution in [-0.4, -0.2) is 25.1 Å². The molecule has 3 heterocycles. The predicted octanol–water partition coefficient (Wildman–Crippen LogP) is 4.55. The first-order valence-corrected chi connectivity index (χ1v) is 9.31. The Morgan fingerprint density at radius 3 is 2.87 bits per heavy atom. The lowest BCUT2D eigenvalue weighted by molar-refractivity contribution is 0.626. The van der Waals surface area contributed by atoms with Crippen LogP contribution < -0.4 is 0 Å². The number of aromatic nitrogens is 4. The van der Waals surface area contributed by atoms with Gasteiger partial charge in [0.25, 0.3) is 0 Å². The Bertz CT molecular complexity index is 983. The van der Waals surface area contributed by atoms with Crippen LogP contribution in [0.3, 0.4) is 0 Å². The molecule has 3 aromatic heterocycles. The monoisotopic (exact) mass is 344 g/mol. The van der Waals surface area contributed by atoms with Gasteiger partial charge < -0.3 is 4.42 Å². The van der Waals surface area contributed by atoms with Gasteiger partial charge in [0.2, 0.25) is 4.96 Å². The van der Waals surface area contributed by atoms with E-state index in [2.05, 4.69) is 42.1 Å². The summed E-state index contributed by atoms with van der Waals surface area (Å²) in [5, 5.41) is 15.7. The van der Waals surface area contributed by atoms with E-state index in [1.807, 2.05) is 34.5 Å². The predicted molar refractivity (Wildman–Crippen MR) is 95.0 cm³/mol. The Kier molecular flexibility index (Phi) is 3.61. The van der Waals surface area contributed by atoms with Gasteiger partial charge in [-0.2, -0.15) is 16.3 Å². The number of nitrogens with zero attached hydrogens (tertiary/aromatic N) is 4. The van der Waals surface area contributed by atoms with Crippen molar-refractivity contribution in [2.24, 2.45) is 0 Å². The highest BCUT2D eigenvalue weighted by Gasteiger charge is 2.19. The van der Waals surface area contributed by atoms with Crippen LogP contribution in [0.15, 0.2) is 28.7 Å². The molecule has 0 bridgehead atoms. The van der Waals surface area contributed by atoms with Crippen LogP contribution in [0.2, 0.25) is 0 Å². The number of hydrogen-bond donors (Lipinski definition) is 0. The number of para-hydroxylation sites is 1. The zero-order valence-corrected chi connectivity index (χ0v) is 14.7. The highest BCUT2D eigenvalue weighted by Crippen LogP contribution is 2.35. The average molecular weight is 344 g/mol. The second-order valence-corrected chi connectivity index (χ2v) is 8.15. The van der Waals surface area contributed by atoms with Crippen molar-refractivity contribution in [1.82, 2.24) is 19.8 Å². The van der Waals surface area contributed by atoms with Crippen molar-refractivity contribution in [2.75, 3.05) is 0 Å². The molecule has 0 N–H and O–H groups in total. The van der Waals surface area contributed by atoms with E-state index in [4.69, 9.17) is 4.42 Å². The second kappa shape index (κ2) is 5.65. The van der Waals surface area contributed by atoms with E-state index in [1.54, 1.807) is 0 Å². The normalized spacial score (nSPS) is 12.0. The van der Waals surface area contributed by atoms with Gasteiger partial charge in [0.1, 0.15) is 5.58 Å². The molecule has 1 aromatic carbocycles. The molecule has 5 nitrogen and oxygen atoms in total. The number of benzene rings is 1. The molecule has 118 valence electrons. The van der Waals surface area contributed by atoms with Crippen molar-refractivity contribution in [3.8, 4) is 10.8 Å². The first kappa shape index (κ1) is 14.7. The van der Waals surface area contributed by atoms with Crippen LogP contribution >= 0.6 is 23.1 Å².